The number of cyclic esters (lactones) is 1. The van der Waals surface area contributed by atoms with Gasteiger partial charge >= 0.3 is 12.0 Å². The lowest BCUT2D eigenvalue weighted by atomic mass is 9.86. The fraction of sp³-hybridized carbons (Fsp3) is 0.737. The van der Waals surface area contributed by atoms with Crippen LogP contribution in [0.4, 0.5) is 10.5 Å². The number of aliphatic hydroxyl groups excluding tert-OH is 4. The van der Waals surface area contributed by atoms with Crippen molar-refractivity contribution in [2.24, 2.45) is 17.8 Å². The Morgan fingerprint density at radius 3 is 2.19 bits per heavy atom. The molecule has 1 aromatic heterocycles. The molecule has 1 aromatic carbocycles. The van der Waals surface area contributed by atoms with Crippen LogP contribution < -0.4 is 10.1 Å². The van der Waals surface area contributed by atoms with Gasteiger partial charge in [0, 0.05) is 35.1 Å². The number of nitrogens with one attached hydrogen (secondary N) is 2. The third kappa shape index (κ3) is 12.9. The van der Waals surface area contributed by atoms with Crippen LogP contribution in [0.3, 0.4) is 0 Å². The second kappa shape index (κ2) is 20.4. The normalized spacial score (nSPS) is 34.6. The van der Waals surface area contributed by atoms with Crippen molar-refractivity contribution in [2.45, 2.75) is 147 Å². The van der Waals surface area contributed by atoms with Gasteiger partial charge < -0.3 is 54.6 Å². The number of carbonyl (C=O) groups is 2. The van der Waals surface area contributed by atoms with E-state index in [0.717, 1.165) is 17.1 Å². The summed E-state index contributed by atoms with van der Waals surface area (Å²) in [5, 5.41) is 55.4. The lowest BCUT2D eigenvalue weighted by Crippen LogP contribution is -2.60. The Kier molecular flexibility index (Phi) is 17.2. The molecule has 15 nitrogen and oxygen atoms in total. The van der Waals surface area contributed by atoms with Crippen molar-refractivity contribution in [1.82, 2.24) is 14.6 Å². The summed E-state index contributed by atoms with van der Waals surface area (Å²) in [4.78, 5) is 35.4. The fourth-order valence-electron chi connectivity index (χ4n) is 7.21. The Morgan fingerprint density at radius 1 is 1.00 bits per heavy atom. The van der Waals surface area contributed by atoms with Crippen molar-refractivity contribution in [2.75, 3.05) is 30.8 Å². The number of nitrogens with zero attached hydrogens (tertiary/aromatic N) is 3. The van der Waals surface area contributed by atoms with Crippen LogP contribution in [0.15, 0.2) is 39.9 Å². The van der Waals surface area contributed by atoms with Gasteiger partial charge in [-0.15, -0.1) is 4.85 Å². The summed E-state index contributed by atoms with van der Waals surface area (Å²) in [6, 6.07) is 5.92. The Bertz CT molecular complexity index is 1430. The van der Waals surface area contributed by atoms with Crippen molar-refractivity contribution in [3.05, 3.63) is 36.2 Å². The molecule has 2 aliphatic heterocycles. The van der Waals surface area contributed by atoms with Crippen molar-refractivity contribution < 1.29 is 49.1 Å². The molecule has 2 saturated heterocycles. The second-order valence-electron chi connectivity index (χ2n) is 15.8. The zero-order chi connectivity index (χ0) is 40.5. The molecule has 2 amide bonds. The molecule has 54 heavy (non-hydrogen) atoms. The van der Waals surface area contributed by atoms with Gasteiger partial charge in [-0.25, -0.2) is 9.63 Å². The summed E-state index contributed by atoms with van der Waals surface area (Å²) in [6.07, 6.45) is -0.499. The Balaban J connectivity index is 0.000000553. The molecule has 2 aliphatic rings. The molecule has 3 heterocycles. The highest BCUT2D eigenvalue weighted by Gasteiger charge is 2.46. The first-order valence-corrected chi connectivity index (χ1v) is 19.8. The molecule has 0 radical (unpaired) electrons. The molecule has 0 saturated carbocycles. The van der Waals surface area contributed by atoms with E-state index in [-0.39, 0.29) is 36.9 Å². The highest BCUT2D eigenvalue weighted by molar-refractivity contribution is 8.00. The summed E-state index contributed by atoms with van der Waals surface area (Å²) in [7, 11) is 3.78. The van der Waals surface area contributed by atoms with Crippen LogP contribution in [0.1, 0.15) is 86.3 Å². The molecule has 4 rings (SSSR count). The van der Waals surface area contributed by atoms with Crippen molar-refractivity contribution in [1.29, 1.82) is 0 Å². The van der Waals surface area contributed by atoms with Crippen LogP contribution in [-0.4, -0.2) is 127 Å². The number of ether oxygens (including phenoxy) is 2. The molecular weight excluding hydrogens is 719 g/mol. The SMILES string of the molecule is CC1CC(N(C)C)[C@@H](O)C(O)O1.CC[C@H]1OC(=O)C(C)C[C@H](C)CC(O)C[C@@H](C)CN(C(=O)Nc2ccc(SNn3cc(C)o3)cc2)C(C)C(O)[C@]1(C)O. The van der Waals surface area contributed by atoms with E-state index in [1.54, 1.807) is 32.9 Å². The van der Waals surface area contributed by atoms with E-state index < -0.39 is 60.3 Å². The number of aryl methyl sites for hydroxylation is 1. The summed E-state index contributed by atoms with van der Waals surface area (Å²) >= 11 is 1.35. The van der Waals surface area contributed by atoms with Gasteiger partial charge in [0.05, 0.1) is 24.2 Å². The summed E-state index contributed by atoms with van der Waals surface area (Å²) in [5.74, 6) is -0.112. The maximum Gasteiger partial charge on any atom is 0.322 e. The number of amides is 2. The van der Waals surface area contributed by atoms with E-state index in [4.69, 9.17) is 14.0 Å². The molecule has 308 valence electrons. The number of carbonyl (C=O) groups excluding carboxylic acids is 2. The van der Waals surface area contributed by atoms with Crippen LogP contribution in [0.2, 0.25) is 0 Å². The van der Waals surface area contributed by atoms with Gasteiger partial charge in [-0.05, 0) is 110 Å². The molecule has 7 N–H and O–H groups in total. The third-order valence-corrected chi connectivity index (χ3v) is 11.1. The predicted octanol–water partition coefficient (Wildman–Crippen LogP) is 4.15. The van der Waals surface area contributed by atoms with Crippen LogP contribution in [0.5, 0.6) is 0 Å². The van der Waals surface area contributed by atoms with E-state index in [1.807, 2.05) is 65.0 Å². The summed E-state index contributed by atoms with van der Waals surface area (Å²) in [5.41, 5.74) is -1.27. The summed E-state index contributed by atoms with van der Waals surface area (Å²) in [6.45, 7) is 14.6. The van der Waals surface area contributed by atoms with Gasteiger partial charge in [0.25, 0.3) is 0 Å². The number of hydrogen-bond donors (Lipinski definition) is 7. The number of benzene rings is 1. The van der Waals surface area contributed by atoms with Crippen molar-refractivity contribution >= 4 is 29.6 Å². The van der Waals surface area contributed by atoms with Crippen LogP contribution in [0.25, 0.3) is 0 Å². The first-order chi connectivity index (χ1) is 25.2. The quantitative estimate of drug-likeness (QED) is 0.163. The fourth-order valence-corrected chi connectivity index (χ4v) is 7.77. The number of anilines is 1. The van der Waals surface area contributed by atoms with Gasteiger partial charge in [-0.3, -0.25) is 4.79 Å². The number of likely N-dealkylation sites (N-methyl/N-ethyl adjacent to an activating group) is 1. The minimum atomic E-state index is -1.82. The minimum absolute atomic E-state index is 0.01000. The van der Waals surface area contributed by atoms with E-state index in [0.29, 0.717) is 24.9 Å². The number of hydrogen-bond acceptors (Lipinski definition) is 13. The van der Waals surface area contributed by atoms with Gasteiger partial charge in [0.2, 0.25) is 0 Å². The Labute approximate surface area is 324 Å². The lowest BCUT2D eigenvalue weighted by Gasteiger charge is -2.42. The van der Waals surface area contributed by atoms with Gasteiger partial charge in [-0.2, -0.15) is 0 Å². The van der Waals surface area contributed by atoms with Crippen molar-refractivity contribution in [3.8, 4) is 0 Å². The Hall–Kier alpha value is -2.83. The first kappa shape index (κ1) is 45.6. The molecular formula is C38H65N5O10S. The number of aliphatic hydroxyl groups is 5. The lowest BCUT2D eigenvalue weighted by molar-refractivity contribution is -0.230. The van der Waals surface area contributed by atoms with E-state index in [9.17, 15) is 35.1 Å². The maximum absolute atomic E-state index is 13.7. The van der Waals surface area contributed by atoms with Crippen LogP contribution >= 0.6 is 11.9 Å². The standard InChI is InChI=1S/C30H48N4O7S.C8H17NO3/c1-8-26-30(7,39)27(36)22(6)33(16-19(3)15-24(35)14-18(2)13-20(4)28(37)40-26)29(38)31-23-9-11-25(12-10-23)42-32-34-17-21(5)41-34;1-5-4-6(9(2)3)7(10)8(11)12-5/h9-12,17-20,22,24,26-27,32,35-36,39H,8,13-16H2,1-7H3,(H,31,38);5-8,10-11H,4H2,1-3H3/t18-,19+,20?,22?,24?,26+,27?,30+;5?,6?,7-,8?/m01/s1. The van der Waals surface area contributed by atoms with Gasteiger partial charge in [-0.1, -0.05) is 27.7 Å². The third-order valence-electron chi connectivity index (χ3n) is 10.3. The molecule has 7 unspecified atom stereocenters. The molecule has 0 spiro atoms. The highest BCUT2D eigenvalue weighted by atomic mass is 32.2. The molecule has 2 aromatic rings. The summed E-state index contributed by atoms with van der Waals surface area (Å²) < 4.78 is 16.1. The number of urea groups is 1. The maximum atomic E-state index is 13.7. The zero-order valence-corrected chi connectivity index (χ0v) is 34.3. The monoisotopic (exact) mass is 783 g/mol. The number of aromatic nitrogens is 1. The molecule has 16 heteroatoms. The predicted molar refractivity (Wildman–Crippen MR) is 207 cm³/mol. The smallest absolute Gasteiger partial charge is 0.322 e. The van der Waals surface area contributed by atoms with Crippen LogP contribution in [0, 0.1) is 24.7 Å². The van der Waals surface area contributed by atoms with Gasteiger partial charge in [0.15, 0.2) is 12.1 Å². The molecule has 0 aliphatic carbocycles. The van der Waals surface area contributed by atoms with Gasteiger partial charge in [0.1, 0.15) is 30.1 Å². The average molecular weight is 784 g/mol. The molecule has 0 bridgehead atoms. The minimum Gasteiger partial charge on any atom is -0.459 e. The molecule has 2 fully saturated rings. The number of esters is 1. The zero-order valence-electron chi connectivity index (χ0n) is 33.5. The average Bonchev–Trinajstić information content (AvgIpc) is 3.08. The largest absolute Gasteiger partial charge is 0.459 e. The van der Waals surface area contributed by atoms with Crippen LogP contribution in [-0.2, 0) is 14.3 Å². The van der Waals surface area contributed by atoms with E-state index in [2.05, 4.69) is 10.1 Å². The topological polar surface area (TPSA) is 202 Å². The second-order valence-corrected chi connectivity index (χ2v) is 16.6. The number of rotatable bonds is 6. The van der Waals surface area contributed by atoms with Crippen molar-refractivity contribution in [3.63, 3.8) is 0 Å². The molecule has 12 atom stereocenters. The Morgan fingerprint density at radius 2 is 1.61 bits per heavy atom. The first-order valence-electron chi connectivity index (χ1n) is 19.0. The van der Waals surface area contributed by atoms with E-state index in [1.165, 1.54) is 28.6 Å². The highest BCUT2D eigenvalue weighted by Crippen LogP contribution is 2.30. The van der Waals surface area contributed by atoms with E-state index >= 15 is 0 Å².